The molecule has 0 bridgehead atoms. The van der Waals surface area contributed by atoms with Crippen LogP contribution in [0.2, 0.25) is 0 Å². The van der Waals surface area contributed by atoms with E-state index in [1.54, 1.807) is 12.4 Å². The van der Waals surface area contributed by atoms with Gasteiger partial charge in [-0.2, -0.15) is 8.78 Å². The fraction of sp³-hybridized carbons (Fsp3) is 0.353. The molecule has 2 aromatic carbocycles. The van der Waals surface area contributed by atoms with Crippen molar-refractivity contribution in [1.82, 2.24) is 25.1 Å². The molecule has 15 heteroatoms. The zero-order valence-electron chi connectivity index (χ0n) is 26.4. The van der Waals surface area contributed by atoms with E-state index in [0.717, 1.165) is 10.4 Å². The molecular formula is C34H34F2N8O5. The monoisotopic (exact) mass is 672 g/mol. The van der Waals surface area contributed by atoms with Crippen molar-refractivity contribution in [1.29, 1.82) is 0 Å². The number of hydrogen-bond donors (Lipinski definition) is 3. The van der Waals surface area contributed by atoms with Gasteiger partial charge in [0.05, 0.1) is 40.1 Å². The Morgan fingerprint density at radius 1 is 1.04 bits per heavy atom. The van der Waals surface area contributed by atoms with Crippen LogP contribution in [0, 0.1) is 0 Å². The number of para-hydroxylation sites is 2. The summed E-state index contributed by atoms with van der Waals surface area (Å²) in [5.74, 6) is -7.27. The summed E-state index contributed by atoms with van der Waals surface area (Å²) in [6, 6.07) is 10.6. The van der Waals surface area contributed by atoms with Crippen molar-refractivity contribution in [3.05, 3.63) is 71.7 Å². The Bertz CT molecular complexity index is 1890. The summed E-state index contributed by atoms with van der Waals surface area (Å²) in [5, 5.41) is 5.11. The molecule has 5 amide bonds. The summed E-state index contributed by atoms with van der Waals surface area (Å²) in [4.78, 5) is 78.0. The van der Waals surface area contributed by atoms with E-state index in [2.05, 4.69) is 25.6 Å². The predicted octanol–water partition coefficient (Wildman–Crippen LogP) is 2.92. The second-order valence-corrected chi connectivity index (χ2v) is 12.1. The Balaban J connectivity index is 0.965. The third-order valence-electron chi connectivity index (χ3n) is 8.85. The topological polar surface area (TPSA) is 180 Å². The first-order chi connectivity index (χ1) is 23.6. The highest BCUT2D eigenvalue weighted by Crippen LogP contribution is 2.30. The Morgan fingerprint density at radius 3 is 2.51 bits per heavy atom. The average Bonchev–Trinajstić information content (AvgIpc) is 3.35. The van der Waals surface area contributed by atoms with Gasteiger partial charge < -0.3 is 16.0 Å². The van der Waals surface area contributed by atoms with E-state index in [1.807, 2.05) is 24.3 Å². The average molecular weight is 673 g/mol. The van der Waals surface area contributed by atoms with E-state index in [9.17, 15) is 32.8 Å². The molecular weight excluding hydrogens is 638 g/mol. The third-order valence-corrected chi connectivity index (χ3v) is 8.85. The van der Waals surface area contributed by atoms with E-state index in [4.69, 9.17) is 5.73 Å². The lowest BCUT2D eigenvalue weighted by atomic mass is 10.0. The molecule has 2 saturated heterocycles. The first-order valence-corrected chi connectivity index (χ1v) is 16.0. The molecule has 13 nitrogen and oxygen atoms in total. The molecule has 3 aliphatic rings. The summed E-state index contributed by atoms with van der Waals surface area (Å²) in [6.45, 7) is 0.365. The number of allylic oxidation sites excluding steroid dienone is 1. The number of carbonyl (C=O) groups excluding carboxylic acids is 5. The van der Waals surface area contributed by atoms with Gasteiger partial charge in [0.25, 0.3) is 17.7 Å². The highest BCUT2D eigenvalue weighted by atomic mass is 19.3. The van der Waals surface area contributed by atoms with Crippen molar-refractivity contribution >= 4 is 58.0 Å². The zero-order valence-corrected chi connectivity index (χ0v) is 26.4. The number of alkyl halides is 2. The Labute approximate surface area is 279 Å². The van der Waals surface area contributed by atoms with Gasteiger partial charge in [0.1, 0.15) is 6.04 Å². The number of aromatic nitrogens is 2. The Kier molecular flexibility index (Phi) is 9.42. The molecule has 4 N–H and O–H groups in total. The lowest BCUT2D eigenvalue weighted by Gasteiger charge is -2.32. The van der Waals surface area contributed by atoms with Crippen LogP contribution in [0.3, 0.4) is 0 Å². The number of nitrogens with zero attached hydrogens (tertiary/aromatic N) is 5. The van der Waals surface area contributed by atoms with Crippen LogP contribution < -0.4 is 16.4 Å². The van der Waals surface area contributed by atoms with Gasteiger partial charge in [-0.15, -0.1) is 0 Å². The fourth-order valence-corrected chi connectivity index (χ4v) is 6.16. The molecule has 4 heterocycles. The first-order valence-electron chi connectivity index (χ1n) is 16.0. The number of amides is 5. The van der Waals surface area contributed by atoms with Crippen molar-refractivity contribution in [2.24, 2.45) is 10.7 Å². The van der Waals surface area contributed by atoms with Crippen LogP contribution in [0.15, 0.2) is 59.9 Å². The third kappa shape index (κ3) is 7.00. The number of fused-ring (bicyclic) bond motifs is 2. The van der Waals surface area contributed by atoms with Crippen molar-refractivity contribution < 1.29 is 32.8 Å². The maximum Gasteiger partial charge on any atom is 0.324 e. The standard InChI is InChI=1S/C34H34F2N8O5/c35-34(36,12-3-13-38-22-6-7-23-24(16-22)32(48)44(31(23)47)28-8-9-29(45)42-30(28)46)33(49)43-14-10-21(11-15-43)39-18-20(17-37)27-19-40-25-4-1-2-5-26(25)41-27/h1-2,4-7,16-19,21,28,38H,3,8-15,37H2,(H,42,45,46). The van der Waals surface area contributed by atoms with Gasteiger partial charge >= 0.3 is 5.92 Å². The number of aliphatic imine (C=N–C) groups is 1. The number of carbonyl (C=O) groups is 5. The predicted molar refractivity (Wildman–Crippen MR) is 176 cm³/mol. The van der Waals surface area contributed by atoms with E-state index in [0.29, 0.717) is 35.3 Å². The minimum absolute atomic E-state index is 0.00800. The van der Waals surface area contributed by atoms with Gasteiger partial charge in [0.2, 0.25) is 11.8 Å². The maximum absolute atomic E-state index is 14.9. The molecule has 3 aromatic rings. The minimum atomic E-state index is -3.56. The highest BCUT2D eigenvalue weighted by Gasteiger charge is 2.45. The van der Waals surface area contributed by atoms with Crippen molar-refractivity contribution in [2.75, 3.05) is 25.0 Å². The summed E-state index contributed by atoms with van der Waals surface area (Å²) >= 11 is 0. The van der Waals surface area contributed by atoms with Crippen LogP contribution in [-0.4, -0.2) is 93.2 Å². The Morgan fingerprint density at radius 2 is 1.78 bits per heavy atom. The molecule has 6 rings (SSSR count). The molecule has 0 spiro atoms. The molecule has 0 saturated carbocycles. The number of rotatable bonds is 10. The molecule has 0 aliphatic carbocycles. The molecule has 3 aliphatic heterocycles. The number of nitrogens with one attached hydrogen (secondary N) is 2. The van der Waals surface area contributed by atoms with Crippen molar-refractivity contribution in [3.8, 4) is 0 Å². The number of piperidine rings is 2. The largest absolute Gasteiger partial charge is 0.404 e. The fourth-order valence-electron chi connectivity index (χ4n) is 6.16. The lowest BCUT2D eigenvalue weighted by Crippen LogP contribution is -2.54. The van der Waals surface area contributed by atoms with Gasteiger partial charge in [-0.3, -0.25) is 44.2 Å². The van der Waals surface area contributed by atoms with Gasteiger partial charge in [-0.05, 0) is 56.0 Å². The quantitative estimate of drug-likeness (QED) is 0.166. The lowest BCUT2D eigenvalue weighted by molar-refractivity contribution is -0.159. The maximum atomic E-state index is 14.9. The van der Waals surface area contributed by atoms with E-state index < -0.39 is 47.9 Å². The summed E-state index contributed by atoms with van der Waals surface area (Å²) in [6.07, 6.45) is 4.76. The summed E-state index contributed by atoms with van der Waals surface area (Å²) in [7, 11) is 0. The number of likely N-dealkylation sites (tertiary alicyclic amines) is 1. The normalized spacial score (nSPS) is 19.1. The van der Waals surface area contributed by atoms with Crippen molar-refractivity contribution in [3.63, 3.8) is 0 Å². The number of halogens is 2. The molecule has 1 aromatic heterocycles. The van der Waals surface area contributed by atoms with E-state index >= 15 is 0 Å². The highest BCUT2D eigenvalue weighted by molar-refractivity contribution is 6.23. The van der Waals surface area contributed by atoms with Crippen LogP contribution in [0.1, 0.15) is 64.9 Å². The van der Waals surface area contributed by atoms with Crippen LogP contribution in [-0.2, 0) is 14.4 Å². The minimum Gasteiger partial charge on any atom is -0.404 e. The Hall–Kier alpha value is -5.60. The van der Waals surface area contributed by atoms with Crippen LogP contribution in [0.25, 0.3) is 16.6 Å². The summed E-state index contributed by atoms with van der Waals surface area (Å²) < 4.78 is 29.9. The van der Waals surface area contributed by atoms with E-state index in [1.165, 1.54) is 29.3 Å². The molecule has 49 heavy (non-hydrogen) atoms. The van der Waals surface area contributed by atoms with Gasteiger partial charge in [-0.1, -0.05) is 12.1 Å². The number of imide groups is 2. The van der Waals surface area contributed by atoms with Crippen molar-refractivity contribution in [2.45, 2.75) is 56.5 Å². The number of anilines is 1. The first kappa shape index (κ1) is 33.3. The van der Waals surface area contributed by atoms with Crippen LogP contribution in [0.4, 0.5) is 14.5 Å². The smallest absolute Gasteiger partial charge is 0.324 e. The number of nitrogens with two attached hydrogens (primary N) is 1. The second-order valence-electron chi connectivity index (χ2n) is 12.1. The zero-order chi connectivity index (χ0) is 34.7. The van der Waals surface area contributed by atoms with Gasteiger partial charge in [0.15, 0.2) is 0 Å². The molecule has 254 valence electrons. The van der Waals surface area contributed by atoms with Gasteiger partial charge in [0, 0.05) is 56.2 Å². The van der Waals surface area contributed by atoms with E-state index in [-0.39, 0.29) is 56.1 Å². The SMILES string of the molecule is NC=C(C=NC1CCN(C(=O)C(F)(F)CCCNc2ccc3c(c2)C(=O)N(C2CCC(=O)NC2=O)C3=O)CC1)c1cnc2ccccc2n1. The second kappa shape index (κ2) is 13.9. The number of benzene rings is 2. The molecule has 1 atom stereocenters. The summed E-state index contributed by atoms with van der Waals surface area (Å²) in [5.41, 5.74) is 9.03. The van der Waals surface area contributed by atoms with Crippen LogP contribution >= 0.6 is 0 Å². The molecule has 1 unspecified atom stereocenters. The van der Waals surface area contributed by atoms with Crippen LogP contribution in [0.5, 0.6) is 0 Å². The van der Waals surface area contributed by atoms with Gasteiger partial charge in [-0.25, -0.2) is 4.98 Å². The molecule has 2 fully saturated rings. The number of hydrogen-bond acceptors (Lipinski definition) is 10. The molecule has 0 radical (unpaired) electrons.